The highest BCUT2D eigenvalue weighted by Gasteiger charge is 2.32. The monoisotopic (exact) mass is 340 g/mol. The first-order valence-corrected chi connectivity index (χ1v) is 8.73. The third-order valence-corrected chi connectivity index (χ3v) is 4.82. The van der Waals surface area contributed by atoms with E-state index in [1.54, 1.807) is 0 Å². The van der Waals surface area contributed by atoms with Crippen LogP contribution in [0.4, 0.5) is 0 Å². The van der Waals surface area contributed by atoms with Gasteiger partial charge in [0.25, 0.3) is 0 Å². The molecule has 0 fully saturated rings. The molecule has 0 saturated carbocycles. The summed E-state index contributed by atoms with van der Waals surface area (Å²) in [7, 11) is 0. The van der Waals surface area contributed by atoms with E-state index in [0.29, 0.717) is 6.61 Å². The first-order valence-electron chi connectivity index (χ1n) is 7.91. The molecule has 0 aliphatic carbocycles. The van der Waals surface area contributed by atoms with Gasteiger partial charge in [-0.15, -0.1) is 0 Å². The Bertz CT molecular complexity index is 856. The summed E-state index contributed by atoms with van der Waals surface area (Å²) in [4.78, 5) is 17.0. The smallest absolute Gasteiger partial charge is 0.322 e. The van der Waals surface area contributed by atoms with Crippen LogP contribution >= 0.6 is 11.8 Å². The highest BCUT2D eigenvalue weighted by atomic mass is 32.2. The molecule has 0 spiro atoms. The molecular formula is C19H20N2O2S. The van der Waals surface area contributed by atoms with Crippen molar-refractivity contribution in [2.45, 2.75) is 30.7 Å². The van der Waals surface area contributed by atoms with E-state index < -0.39 is 4.75 Å². The lowest BCUT2D eigenvalue weighted by molar-refractivity contribution is -0.145. The molecule has 124 valence electrons. The molecule has 0 amide bonds. The van der Waals surface area contributed by atoms with Gasteiger partial charge in [-0.2, -0.15) is 0 Å². The van der Waals surface area contributed by atoms with Crippen molar-refractivity contribution in [3.05, 3.63) is 54.7 Å². The van der Waals surface area contributed by atoms with Crippen molar-refractivity contribution in [1.29, 1.82) is 0 Å². The Balaban J connectivity index is 2.05. The van der Waals surface area contributed by atoms with Gasteiger partial charge in [0, 0.05) is 11.8 Å². The molecule has 0 aliphatic heterocycles. The Morgan fingerprint density at radius 1 is 1.17 bits per heavy atom. The fraction of sp³-hybridized carbons (Fsp3) is 0.263. The molecule has 24 heavy (non-hydrogen) atoms. The molecule has 0 unspecified atom stereocenters. The zero-order valence-electron chi connectivity index (χ0n) is 14.0. The van der Waals surface area contributed by atoms with Crippen molar-refractivity contribution in [1.82, 2.24) is 9.38 Å². The average Bonchev–Trinajstić information content (AvgIpc) is 2.94. The molecule has 2 aromatic heterocycles. The Morgan fingerprint density at radius 2 is 1.88 bits per heavy atom. The molecule has 0 atom stereocenters. The Labute approximate surface area is 145 Å². The lowest BCUT2D eigenvalue weighted by Crippen LogP contribution is -2.30. The number of benzene rings is 1. The van der Waals surface area contributed by atoms with E-state index in [9.17, 15) is 4.79 Å². The lowest BCUT2D eigenvalue weighted by atomic mass is 10.1. The minimum atomic E-state index is -0.707. The molecule has 2 heterocycles. The number of esters is 1. The SMILES string of the molecule is CCOC(=O)C(C)(C)Sc1nc(-c2ccccc2)c2ccccn12. The molecule has 0 N–H and O–H groups in total. The molecule has 5 heteroatoms. The highest BCUT2D eigenvalue weighted by molar-refractivity contribution is 8.01. The highest BCUT2D eigenvalue weighted by Crippen LogP contribution is 2.36. The maximum Gasteiger partial charge on any atom is 0.322 e. The van der Waals surface area contributed by atoms with Crippen LogP contribution in [0.3, 0.4) is 0 Å². The standard InChI is InChI=1S/C19H20N2O2S/c1-4-23-17(22)19(2,3)24-18-20-16(14-10-6-5-7-11-14)15-12-8-9-13-21(15)18/h5-13H,4H2,1-3H3. The number of carbonyl (C=O) groups excluding carboxylic acids is 1. The maximum absolute atomic E-state index is 12.2. The normalized spacial score (nSPS) is 11.6. The molecular weight excluding hydrogens is 320 g/mol. The maximum atomic E-state index is 12.2. The summed E-state index contributed by atoms with van der Waals surface area (Å²) in [5.41, 5.74) is 2.99. The van der Waals surface area contributed by atoms with Crippen LogP contribution in [0.5, 0.6) is 0 Å². The van der Waals surface area contributed by atoms with Crippen molar-refractivity contribution in [2.24, 2.45) is 0 Å². The predicted molar refractivity (Wildman–Crippen MR) is 97.2 cm³/mol. The van der Waals surface area contributed by atoms with Crippen molar-refractivity contribution < 1.29 is 9.53 Å². The number of imidazole rings is 1. The predicted octanol–water partition coefficient (Wildman–Crippen LogP) is 4.44. The summed E-state index contributed by atoms with van der Waals surface area (Å²) >= 11 is 1.42. The van der Waals surface area contributed by atoms with Gasteiger partial charge in [0.2, 0.25) is 0 Å². The molecule has 3 aromatic rings. The summed E-state index contributed by atoms with van der Waals surface area (Å²) in [6.45, 7) is 5.92. The van der Waals surface area contributed by atoms with Crippen LogP contribution in [-0.4, -0.2) is 26.7 Å². The van der Waals surface area contributed by atoms with Crippen LogP contribution < -0.4 is 0 Å². The third kappa shape index (κ3) is 3.17. The largest absolute Gasteiger partial charge is 0.465 e. The van der Waals surface area contributed by atoms with Crippen molar-refractivity contribution in [2.75, 3.05) is 6.61 Å². The van der Waals surface area contributed by atoms with Gasteiger partial charge in [-0.05, 0) is 32.9 Å². The fourth-order valence-electron chi connectivity index (χ4n) is 2.46. The number of thioether (sulfide) groups is 1. The van der Waals surface area contributed by atoms with Crippen LogP contribution in [0.1, 0.15) is 20.8 Å². The summed E-state index contributed by atoms with van der Waals surface area (Å²) in [5, 5.41) is 0.780. The minimum Gasteiger partial charge on any atom is -0.465 e. The number of fused-ring (bicyclic) bond motifs is 1. The van der Waals surface area contributed by atoms with Crippen LogP contribution in [0.15, 0.2) is 59.9 Å². The Hall–Kier alpha value is -2.27. The van der Waals surface area contributed by atoms with Crippen molar-refractivity contribution >= 4 is 23.2 Å². The van der Waals surface area contributed by atoms with Crippen LogP contribution in [0.2, 0.25) is 0 Å². The van der Waals surface area contributed by atoms with E-state index in [-0.39, 0.29) is 5.97 Å². The minimum absolute atomic E-state index is 0.232. The molecule has 1 aromatic carbocycles. The number of hydrogen-bond donors (Lipinski definition) is 0. The van der Waals surface area contributed by atoms with Gasteiger partial charge in [-0.1, -0.05) is 48.2 Å². The number of ether oxygens (including phenoxy) is 1. The van der Waals surface area contributed by atoms with Crippen LogP contribution in [0.25, 0.3) is 16.8 Å². The van der Waals surface area contributed by atoms with Crippen LogP contribution in [0, 0.1) is 0 Å². The fourth-order valence-corrected chi connectivity index (χ4v) is 3.46. The van der Waals surface area contributed by atoms with Gasteiger partial charge in [-0.3, -0.25) is 9.20 Å². The summed E-state index contributed by atoms with van der Waals surface area (Å²) in [6, 6.07) is 16.1. The van der Waals surface area contributed by atoms with Crippen molar-refractivity contribution in [3.63, 3.8) is 0 Å². The number of hydrogen-bond acceptors (Lipinski definition) is 4. The lowest BCUT2D eigenvalue weighted by Gasteiger charge is -2.20. The Kier molecular flexibility index (Phi) is 4.62. The number of pyridine rings is 1. The summed E-state index contributed by atoms with van der Waals surface area (Å²) in [5.74, 6) is -0.232. The van der Waals surface area contributed by atoms with Gasteiger partial charge in [0.05, 0.1) is 17.8 Å². The van der Waals surface area contributed by atoms with E-state index in [4.69, 9.17) is 9.72 Å². The molecule has 4 nitrogen and oxygen atoms in total. The first kappa shape index (κ1) is 16.6. The van der Waals surface area contributed by atoms with E-state index in [0.717, 1.165) is 21.9 Å². The number of carbonyl (C=O) groups is 1. The average molecular weight is 340 g/mol. The Morgan fingerprint density at radius 3 is 2.58 bits per heavy atom. The van der Waals surface area contributed by atoms with Gasteiger partial charge in [0.1, 0.15) is 4.75 Å². The van der Waals surface area contributed by atoms with E-state index in [1.165, 1.54) is 11.8 Å². The molecule has 0 bridgehead atoms. The second kappa shape index (κ2) is 6.69. The second-order valence-corrected chi connectivity index (χ2v) is 7.49. The third-order valence-electron chi connectivity index (χ3n) is 3.68. The summed E-state index contributed by atoms with van der Waals surface area (Å²) < 4.78 is 6.50. The van der Waals surface area contributed by atoms with Crippen LogP contribution in [-0.2, 0) is 9.53 Å². The van der Waals surface area contributed by atoms with E-state index in [2.05, 4.69) is 0 Å². The van der Waals surface area contributed by atoms with Gasteiger partial charge >= 0.3 is 5.97 Å². The number of nitrogens with zero attached hydrogens (tertiary/aromatic N) is 2. The van der Waals surface area contributed by atoms with Crippen molar-refractivity contribution in [3.8, 4) is 11.3 Å². The molecule has 3 rings (SSSR count). The van der Waals surface area contributed by atoms with Gasteiger partial charge in [0.15, 0.2) is 5.16 Å². The molecule has 0 radical (unpaired) electrons. The first-order chi connectivity index (χ1) is 11.5. The molecule has 0 aliphatic rings. The summed E-state index contributed by atoms with van der Waals surface area (Å²) in [6.07, 6.45) is 1.97. The number of aromatic nitrogens is 2. The van der Waals surface area contributed by atoms with Gasteiger partial charge < -0.3 is 4.74 Å². The quantitative estimate of drug-likeness (QED) is 0.509. The van der Waals surface area contributed by atoms with E-state index in [1.807, 2.05) is 79.9 Å². The second-order valence-electron chi connectivity index (χ2n) is 5.90. The topological polar surface area (TPSA) is 43.6 Å². The molecule has 0 saturated heterocycles. The number of rotatable bonds is 5. The van der Waals surface area contributed by atoms with Gasteiger partial charge in [-0.25, -0.2) is 4.98 Å². The van der Waals surface area contributed by atoms with E-state index >= 15 is 0 Å². The zero-order chi connectivity index (χ0) is 17.2. The zero-order valence-corrected chi connectivity index (χ0v) is 14.8.